The number of nitrogen functional groups attached to an aromatic ring is 1. The number of amidine groups is 1. The van der Waals surface area contributed by atoms with Gasteiger partial charge in [-0.2, -0.15) is 0 Å². The zero-order valence-electron chi connectivity index (χ0n) is 17.3. The number of esters is 2. The molecule has 0 radical (unpaired) electrons. The summed E-state index contributed by atoms with van der Waals surface area (Å²) < 4.78 is 15.0. The highest BCUT2D eigenvalue weighted by atomic mass is 16.5. The molecule has 0 aliphatic carbocycles. The molecule has 0 aromatic heterocycles. The van der Waals surface area contributed by atoms with E-state index in [0.29, 0.717) is 30.0 Å². The molecule has 0 bridgehead atoms. The van der Waals surface area contributed by atoms with Crippen LogP contribution in [0.2, 0.25) is 0 Å². The Morgan fingerprint density at radius 3 is 2.10 bits per heavy atom. The third kappa shape index (κ3) is 3.87. The van der Waals surface area contributed by atoms with Gasteiger partial charge in [-0.3, -0.25) is 15.2 Å². The van der Waals surface area contributed by atoms with Gasteiger partial charge in [0, 0.05) is 24.3 Å². The Bertz CT molecular complexity index is 1050. The summed E-state index contributed by atoms with van der Waals surface area (Å²) in [4.78, 5) is 40.7. The molecule has 0 spiro atoms. The summed E-state index contributed by atoms with van der Waals surface area (Å²) >= 11 is 0. The van der Waals surface area contributed by atoms with E-state index < -0.39 is 11.9 Å². The molecule has 2 aromatic carbocycles. The van der Waals surface area contributed by atoms with Crippen LogP contribution in [0.15, 0.2) is 36.4 Å². The Balaban J connectivity index is 2.01. The van der Waals surface area contributed by atoms with Gasteiger partial charge in [0.25, 0.3) is 0 Å². The van der Waals surface area contributed by atoms with Crippen molar-refractivity contribution in [3.8, 4) is 5.75 Å². The highest BCUT2D eigenvalue weighted by molar-refractivity contribution is 6.11. The third-order valence-corrected chi connectivity index (χ3v) is 4.93. The third-order valence-electron chi connectivity index (χ3n) is 4.93. The van der Waals surface area contributed by atoms with Crippen LogP contribution >= 0.6 is 0 Å². The van der Waals surface area contributed by atoms with Gasteiger partial charge in [-0.15, -0.1) is 0 Å². The number of hydrogen-bond donors (Lipinski definition) is 2. The number of amides is 2. The second-order valence-corrected chi connectivity index (χ2v) is 6.57. The van der Waals surface area contributed by atoms with E-state index in [1.807, 2.05) is 0 Å². The van der Waals surface area contributed by atoms with Gasteiger partial charge in [0.05, 0.1) is 32.6 Å². The van der Waals surface area contributed by atoms with Crippen LogP contribution < -0.4 is 20.3 Å². The quantitative estimate of drug-likeness (QED) is 0.410. The second-order valence-electron chi connectivity index (χ2n) is 6.57. The molecule has 1 fully saturated rings. The lowest BCUT2D eigenvalue weighted by Crippen LogP contribution is -2.32. The average molecular weight is 426 g/mol. The van der Waals surface area contributed by atoms with Crippen LogP contribution in [-0.4, -0.2) is 58.2 Å². The number of carbonyl (C=O) groups excluding carboxylic acids is 3. The highest BCUT2D eigenvalue weighted by Gasteiger charge is 2.35. The van der Waals surface area contributed by atoms with Crippen LogP contribution in [0.1, 0.15) is 26.3 Å². The molecule has 10 heteroatoms. The Morgan fingerprint density at radius 1 is 0.935 bits per heavy atom. The van der Waals surface area contributed by atoms with E-state index in [4.69, 9.17) is 25.4 Å². The number of methoxy groups -OCH3 is 3. The minimum Gasteiger partial charge on any atom is -0.494 e. The van der Waals surface area contributed by atoms with E-state index in [9.17, 15) is 14.4 Å². The lowest BCUT2D eigenvalue weighted by molar-refractivity contribution is 0.0552. The minimum absolute atomic E-state index is 0.0294. The molecule has 1 saturated heterocycles. The molecule has 1 aliphatic rings. The lowest BCUT2D eigenvalue weighted by atomic mass is 10.0. The van der Waals surface area contributed by atoms with Crippen molar-refractivity contribution in [2.75, 3.05) is 44.2 Å². The van der Waals surface area contributed by atoms with E-state index in [1.54, 1.807) is 29.2 Å². The van der Waals surface area contributed by atoms with E-state index >= 15 is 0 Å². The molecule has 1 heterocycles. The molecular formula is C21H22N4O6. The normalized spacial score (nSPS) is 13.2. The fourth-order valence-electron chi connectivity index (χ4n) is 3.40. The summed E-state index contributed by atoms with van der Waals surface area (Å²) in [7, 11) is 3.72. The second kappa shape index (κ2) is 8.74. The number of nitrogens with two attached hydrogens (primary N) is 1. The largest absolute Gasteiger partial charge is 0.494 e. The van der Waals surface area contributed by atoms with Gasteiger partial charge in [-0.25, -0.2) is 14.4 Å². The Hall–Kier alpha value is -4.08. The Labute approximate surface area is 178 Å². The van der Waals surface area contributed by atoms with Crippen molar-refractivity contribution in [2.24, 2.45) is 5.73 Å². The van der Waals surface area contributed by atoms with Crippen molar-refractivity contribution in [1.82, 2.24) is 0 Å². The average Bonchev–Trinajstić information content (AvgIpc) is 3.17. The summed E-state index contributed by atoms with van der Waals surface area (Å²) in [5.74, 6) is -1.55. The first-order valence-electron chi connectivity index (χ1n) is 9.25. The molecule has 3 rings (SSSR count). The van der Waals surface area contributed by atoms with Crippen molar-refractivity contribution in [3.63, 3.8) is 0 Å². The van der Waals surface area contributed by atoms with Crippen molar-refractivity contribution >= 4 is 35.2 Å². The fourth-order valence-corrected chi connectivity index (χ4v) is 3.40. The lowest BCUT2D eigenvalue weighted by Gasteiger charge is -2.22. The number of ether oxygens (including phenoxy) is 3. The predicted molar refractivity (Wildman–Crippen MR) is 113 cm³/mol. The van der Waals surface area contributed by atoms with Crippen molar-refractivity contribution in [2.45, 2.75) is 0 Å². The number of hydrogen-bond acceptors (Lipinski definition) is 7. The molecule has 0 unspecified atom stereocenters. The smallest absolute Gasteiger partial charge is 0.342 e. The first-order chi connectivity index (χ1) is 14.8. The monoisotopic (exact) mass is 426 g/mol. The summed E-state index contributed by atoms with van der Waals surface area (Å²) in [6.07, 6.45) is 0. The molecule has 0 atom stereocenters. The number of nitrogens with one attached hydrogen (secondary N) is 1. The SMILES string of the molecule is COC(=O)c1ccc(N2CCN(c3ccc(C(=N)N)cc3)C2=O)c(OC)c1C(=O)OC. The summed E-state index contributed by atoms with van der Waals surface area (Å²) in [5.41, 5.74) is 6.84. The number of rotatable bonds is 6. The van der Waals surface area contributed by atoms with Gasteiger partial charge >= 0.3 is 18.0 Å². The van der Waals surface area contributed by atoms with Crippen molar-refractivity contribution < 1.29 is 28.6 Å². The van der Waals surface area contributed by atoms with Crippen molar-refractivity contribution in [3.05, 3.63) is 53.1 Å². The highest BCUT2D eigenvalue weighted by Crippen LogP contribution is 2.37. The Morgan fingerprint density at radius 2 is 1.55 bits per heavy atom. The summed E-state index contributed by atoms with van der Waals surface area (Å²) in [6.45, 7) is 0.704. The zero-order valence-corrected chi connectivity index (χ0v) is 17.3. The molecule has 31 heavy (non-hydrogen) atoms. The molecule has 162 valence electrons. The summed E-state index contributed by atoms with van der Waals surface area (Å²) in [5, 5.41) is 7.48. The van der Waals surface area contributed by atoms with Gasteiger partial charge in [0.2, 0.25) is 0 Å². The molecule has 0 saturated carbocycles. The molecule has 2 aromatic rings. The van der Waals surface area contributed by atoms with Crippen LogP contribution in [0, 0.1) is 5.41 Å². The first kappa shape index (κ1) is 21.6. The topological polar surface area (TPSA) is 135 Å². The predicted octanol–water partition coefficient (Wildman–Crippen LogP) is 2.00. The molecule has 10 nitrogen and oxygen atoms in total. The van der Waals surface area contributed by atoms with E-state index in [2.05, 4.69) is 0 Å². The van der Waals surface area contributed by atoms with Crippen LogP contribution in [0.25, 0.3) is 0 Å². The number of urea groups is 1. The standard InChI is InChI=1S/C21H22N4O6/c1-29-17-15(9-8-14(19(26)30-2)16(17)20(27)31-3)25-11-10-24(21(25)28)13-6-4-12(5-7-13)18(22)23/h4-9H,10-11H2,1-3H3,(H3,22,23). The van der Waals surface area contributed by atoms with Gasteiger partial charge in [0.15, 0.2) is 5.75 Å². The maximum Gasteiger partial charge on any atom is 0.342 e. The Kier molecular flexibility index (Phi) is 6.10. The van der Waals surface area contributed by atoms with Crippen LogP contribution in [0.4, 0.5) is 16.2 Å². The minimum atomic E-state index is -0.789. The van der Waals surface area contributed by atoms with Crippen LogP contribution in [0.3, 0.4) is 0 Å². The van der Waals surface area contributed by atoms with Gasteiger partial charge in [0.1, 0.15) is 11.4 Å². The van der Waals surface area contributed by atoms with Crippen molar-refractivity contribution in [1.29, 1.82) is 5.41 Å². The molecule has 3 N–H and O–H groups in total. The zero-order chi connectivity index (χ0) is 22.7. The molecular weight excluding hydrogens is 404 g/mol. The first-order valence-corrected chi connectivity index (χ1v) is 9.25. The number of nitrogens with zero attached hydrogens (tertiary/aromatic N) is 2. The molecule has 2 amide bonds. The number of benzene rings is 2. The summed E-state index contributed by atoms with van der Waals surface area (Å²) in [6, 6.07) is 9.32. The van der Waals surface area contributed by atoms with E-state index in [1.165, 1.54) is 38.4 Å². The van der Waals surface area contributed by atoms with Gasteiger partial charge in [-0.05, 0) is 36.4 Å². The maximum absolute atomic E-state index is 13.1. The maximum atomic E-state index is 13.1. The van der Waals surface area contributed by atoms with Gasteiger partial charge < -0.3 is 19.9 Å². The molecule has 1 aliphatic heterocycles. The van der Waals surface area contributed by atoms with E-state index in [-0.39, 0.29) is 28.7 Å². The van der Waals surface area contributed by atoms with Gasteiger partial charge in [-0.1, -0.05) is 0 Å². The number of carbonyl (C=O) groups is 3. The fraction of sp³-hybridized carbons (Fsp3) is 0.238. The van der Waals surface area contributed by atoms with Crippen LogP contribution in [0.5, 0.6) is 5.75 Å². The van der Waals surface area contributed by atoms with Crippen LogP contribution in [-0.2, 0) is 9.47 Å². The van der Waals surface area contributed by atoms with E-state index in [0.717, 1.165) is 0 Å². The number of anilines is 2.